The van der Waals surface area contributed by atoms with Gasteiger partial charge in [0.1, 0.15) is 18.1 Å². The molecule has 0 fully saturated rings. The summed E-state index contributed by atoms with van der Waals surface area (Å²) in [6, 6.07) is 1.43. The Kier molecular flexibility index (Phi) is 4.64. The summed E-state index contributed by atoms with van der Waals surface area (Å²) >= 11 is 0. The smallest absolute Gasteiger partial charge is 0.313 e. The molecule has 0 saturated heterocycles. The summed E-state index contributed by atoms with van der Waals surface area (Å²) in [6.45, 7) is 1.53. The van der Waals surface area contributed by atoms with Crippen LogP contribution in [-0.4, -0.2) is 18.4 Å². The summed E-state index contributed by atoms with van der Waals surface area (Å²) in [5, 5.41) is 8.50. The number of carbonyl (C=O) groups is 2. The molecule has 7 heteroatoms. The van der Waals surface area contributed by atoms with E-state index in [1.165, 1.54) is 6.92 Å². The van der Waals surface area contributed by atoms with Crippen molar-refractivity contribution in [3.8, 4) is 6.07 Å². The summed E-state index contributed by atoms with van der Waals surface area (Å²) in [5.74, 6) is -6.71. The number of rotatable bonds is 4. The highest BCUT2D eigenvalue weighted by molar-refractivity contribution is 6.06. The van der Waals surface area contributed by atoms with Gasteiger partial charge in [0, 0.05) is 0 Å². The van der Waals surface area contributed by atoms with Gasteiger partial charge in [-0.1, -0.05) is 0 Å². The Labute approximate surface area is 106 Å². The molecule has 0 heterocycles. The lowest BCUT2D eigenvalue weighted by molar-refractivity contribution is -0.141. The van der Waals surface area contributed by atoms with Gasteiger partial charge in [-0.05, 0) is 13.0 Å². The quantitative estimate of drug-likeness (QED) is 0.364. The number of ketones is 1. The lowest BCUT2D eigenvalue weighted by Gasteiger charge is -2.05. The molecule has 0 aliphatic carbocycles. The molecule has 1 aromatic carbocycles. The van der Waals surface area contributed by atoms with E-state index in [0.29, 0.717) is 6.07 Å². The van der Waals surface area contributed by atoms with E-state index in [1.807, 2.05) is 0 Å². The summed E-state index contributed by atoms with van der Waals surface area (Å²) < 4.78 is 44.2. The number of esters is 1. The van der Waals surface area contributed by atoms with E-state index in [2.05, 4.69) is 4.74 Å². The van der Waals surface area contributed by atoms with Crippen LogP contribution in [-0.2, 0) is 9.53 Å². The van der Waals surface area contributed by atoms with Crippen LogP contribution in [0.15, 0.2) is 6.07 Å². The monoisotopic (exact) mass is 271 g/mol. The molecule has 19 heavy (non-hydrogen) atoms. The molecule has 1 rings (SSSR count). The molecule has 4 nitrogen and oxygen atoms in total. The molecule has 0 saturated carbocycles. The Morgan fingerprint density at radius 1 is 1.32 bits per heavy atom. The highest BCUT2D eigenvalue weighted by atomic mass is 19.2. The maximum Gasteiger partial charge on any atom is 0.313 e. The zero-order valence-electron chi connectivity index (χ0n) is 9.80. The molecule has 0 aliphatic rings. The van der Waals surface area contributed by atoms with Crippen LogP contribution in [0.3, 0.4) is 0 Å². The van der Waals surface area contributed by atoms with Crippen molar-refractivity contribution in [3.05, 3.63) is 34.6 Å². The Hall–Kier alpha value is -2.36. The first kappa shape index (κ1) is 14.7. The van der Waals surface area contributed by atoms with E-state index in [0.717, 1.165) is 6.07 Å². The highest BCUT2D eigenvalue weighted by Gasteiger charge is 2.24. The average Bonchev–Trinajstić information content (AvgIpc) is 2.34. The van der Waals surface area contributed by atoms with Gasteiger partial charge in [-0.15, -0.1) is 0 Å². The molecule has 0 spiro atoms. The topological polar surface area (TPSA) is 67.2 Å². The molecule has 0 bridgehead atoms. The highest BCUT2D eigenvalue weighted by Crippen LogP contribution is 2.20. The summed E-state index contributed by atoms with van der Waals surface area (Å²) in [7, 11) is 0. The third kappa shape index (κ3) is 3.10. The first-order valence-electron chi connectivity index (χ1n) is 5.18. The van der Waals surface area contributed by atoms with E-state index in [4.69, 9.17) is 5.26 Å². The van der Waals surface area contributed by atoms with Crippen molar-refractivity contribution in [2.24, 2.45) is 0 Å². The van der Waals surface area contributed by atoms with Crippen LogP contribution in [0.5, 0.6) is 0 Å². The Morgan fingerprint density at radius 2 is 1.95 bits per heavy atom. The van der Waals surface area contributed by atoms with E-state index >= 15 is 0 Å². The molecule has 0 radical (unpaired) electrons. The van der Waals surface area contributed by atoms with Crippen LogP contribution in [0.1, 0.15) is 29.3 Å². The number of halogens is 3. The number of Topliss-reactive ketones (excluding diaryl/α,β-unsaturated/α-hetero) is 1. The average molecular weight is 271 g/mol. The second kappa shape index (κ2) is 6.00. The number of hydrogen-bond donors (Lipinski definition) is 0. The fourth-order valence-electron chi connectivity index (χ4n) is 1.34. The number of nitriles is 1. The SMILES string of the molecule is CCOC(=O)CC(=O)c1cc(F)c(F)c(C#N)c1F. The minimum absolute atomic E-state index is 0.0236. The summed E-state index contributed by atoms with van der Waals surface area (Å²) in [6.07, 6.45) is -0.819. The standard InChI is InChI=1S/C12H8F3NO3/c1-2-19-10(18)4-9(17)6-3-8(13)12(15)7(5-16)11(6)14/h3H,2,4H2,1H3. The predicted molar refractivity (Wildman–Crippen MR) is 56.6 cm³/mol. The normalized spacial score (nSPS) is 9.84. The molecule has 0 aliphatic heterocycles. The van der Waals surface area contributed by atoms with Gasteiger partial charge in [0.05, 0.1) is 12.2 Å². The van der Waals surface area contributed by atoms with Crippen LogP contribution in [0.4, 0.5) is 13.2 Å². The van der Waals surface area contributed by atoms with Crippen LogP contribution in [0.2, 0.25) is 0 Å². The zero-order chi connectivity index (χ0) is 14.6. The van der Waals surface area contributed by atoms with Crippen molar-refractivity contribution in [1.82, 2.24) is 0 Å². The minimum Gasteiger partial charge on any atom is -0.466 e. The summed E-state index contributed by atoms with van der Waals surface area (Å²) in [4.78, 5) is 22.6. The van der Waals surface area contributed by atoms with Gasteiger partial charge in [0.2, 0.25) is 0 Å². The fraction of sp³-hybridized carbons (Fsp3) is 0.250. The summed E-state index contributed by atoms with van der Waals surface area (Å²) in [5.41, 5.74) is -2.06. The third-order valence-corrected chi connectivity index (χ3v) is 2.18. The van der Waals surface area contributed by atoms with Gasteiger partial charge in [-0.25, -0.2) is 13.2 Å². The van der Waals surface area contributed by atoms with Crippen molar-refractivity contribution < 1.29 is 27.5 Å². The second-order valence-electron chi connectivity index (χ2n) is 3.43. The van der Waals surface area contributed by atoms with E-state index in [1.54, 1.807) is 0 Å². The van der Waals surface area contributed by atoms with Gasteiger partial charge in [-0.2, -0.15) is 5.26 Å². The van der Waals surface area contributed by atoms with Gasteiger partial charge in [0.15, 0.2) is 23.2 Å². The molecule has 0 N–H and O–H groups in total. The lowest BCUT2D eigenvalue weighted by atomic mass is 10.0. The Morgan fingerprint density at radius 3 is 2.47 bits per heavy atom. The molecule has 0 amide bonds. The number of nitrogens with zero attached hydrogens (tertiary/aromatic N) is 1. The molecule has 100 valence electrons. The van der Waals surface area contributed by atoms with Crippen LogP contribution >= 0.6 is 0 Å². The second-order valence-corrected chi connectivity index (χ2v) is 3.43. The minimum atomic E-state index is -1.67. The Balaban J connectivity index is 3.15. The maximum absolute atomic E-state index is 13.6. The van der Waals surface area contributed by atoms with Gasteiger partial charge >= 0.3 is 5.97 Å². The van der Waals surface area contributed by atoms with Crippen LogP contribution < -0.4 is 0 Å². The number of hydrogen-bond acceptors (Lipinski definition) is 4. The third-order valence-electron chi connectivity index (χ3n) is 2.18. The van der Waals surface area contributed by atoms with Gasteiger partial charge < -0.3 is 4.74 Å². The molecule has 0 atom stereocenters. The van der Waals surface area contributed by atoms with E-state index < -0.39 is 46.8 Å². The fourth-order valence-corrected chi connectivity index (χ4v) is 1.34. The predicted octanol–water partition coefficient (Wildman–Crippen LogP) is 2.11. The van der Waals surface area contributed by atoms with Crippen LogP contribution in [0.25, 0.3) is 0 Å². The van der Waals surface area contributed by atoms with Crippen molar-refractivity contribution in [3.63, 3.8) is 0 Å². The largest absolute Gasteiger partial charge is 0.466 e. The molecule has 0 aromatic heterocycles. The number of benzene rings is 1. The first-order valence-corrected chi connectivity index (χ1v) is 5.18. The van der Waals surface area contributed by atoms with Crippen molar-refractivity contribution in [2.45, 2.75) is 13.3 Å². The van der Waals surface area contributed by atoms with Crippen molar-refractivity contribution >= 4 is 11.8 Å². The number of carbonyl (C=O) groups excluding carboxylic acids is 2. The first-order chi connectivity index (χ1) is 8.92. The molecule has 0 unspecified atom stereocenters. The zero-order valence-corrected chi connectivity index (χ0v) is 9.80. The Bertz CT molecular complexity index is 579. The van der Waals surface area contributed by atoms with Crippen molar-refractivity contribution in [1.29, 1.82) is 5.26 Å². The molecular weight excluding hydrogens is 263 g/mol. The van der Waals surface area contributed by atoms with Crippen LogP contribution in [0, 0.1) is 28.8 Å². The lowest BCUT2D eigenvalue weighted by Crippen LogP contribution is -2.14. The maximum atomic E-state index is 13.6. The van der Waals surface area contributed by atoms with Crippen molar-refractivity contribution in [2.75, 3.05) is 6.61 Å². The number of ether oxygens (including phenoxy) is 1. The van der Waals surface area contributed by atoms with Gasteiger partial charge in [-0.3, -0.25) is 9.59 Å². The van der Waals surface area contributed by atoms with E-state index in [-0.39, 0.29) is 6.61 Å². The molecule has 1 aromatic rings. The molecular formula is C12H8F3NO3. The van der Waals surface area contributed by atoms with Gasteiger partial charge in [0.25, 0.3) is 0 Å². The van der Waals surface area contributed by atoms with E-state index in [9.17, 15) is 22.8 Å².